The van der Waals surface area contributed by atoms with Gasteiger partial charge in [0, 0.05) is 6.54 Å². The highest BCUT2D eigenvalue weighted by Crippen LogP contribution is 2.24. The molecule has 3 aromatic rings. The number of rotatable bonds is 11. The molecule has 6 nitrogen and oxygen atoms in total. The zero-order chi connectivity index (χ0) is 24.3. The van der Waals surface area contributed by atoms with E-state index in [2.05, 4.69) is 5.32 Å². The van der Waals surface area contributed by atoms with Crippen LogP contribution in [0.1, 0.15) is 41.8 Å². The maximum absolute atomic E-state index is 12.9. The van der Waals surface area contributed by atoms with Crippen molar-refractivity contribution in [2.24, 2.45) is 5.92 Å². The fraction of sp³-hybridized carbons (Fsp3) is 0.286. The van der Waals surface area contributed by atoms with Crippen LogP contribution in [0.25, 0.3) is 0 Å². The van der Waals surface area contributed by atoms with Crippen molar-refractivity contribution in [1.82, 2.24) is 5.32 Å². The van der Waals surface area contributed by atoms with Crippen LogP contribution >= 0.6 is 0 Å². The summed E-state index contributed by atoms with van der Waals surface area (Å²) in [6.45, 7) is 4.46. The Hall–Kier alpha value is -3.80. The normalized spacial score (nSPS) is 11.4. The lowest BCUT2D eigenvalue weighted by Gasteiger charge is -2.15. The molecule has 0 bridgehead atoms. The number of ether oxygens (including phenoxy) is 3. The number of hydrogen-bond acceptors (Lipinski definition) is 5. The van der Waals surface area contributed by atoms with Gasteiger partial charge in [0.1, 0.15) is 17.2 Å². The van der Waals surface area contributed by atoms with Crippen molar-refractivity contribution in [3.05, 3.63) is 89.5 Å². The SMILES string of the molecule is CCOC(=O)C(CC)Cc1ccc(OC)c(C(=O)NCc2ccc(Oc3ccccc3)cc2)c1. The van der Waals surface area contributed by atoms with Gasteiger partial charge < -0.3 is 19.5 Å². The summed E-state index contributed by atoms with van der Waals surface area (Å²) >= 11 is 0. The minimum Gasteiger partial charge on any atom is -0.496 e. The number of amides is 1. The Balaban J connectivity index is 1.64. The molecule has 1 unspecified atom stereocenters. The molecule has 0 aliphatic heterocycles. The Kier molecular flexibility index (Phi) is 9.09. The minimum atomic E-state index is -0.249. The second-order valence-electron chi connectivity index (χ2n) is 7.84. The maximum Gasteiger partial charge on any atom is 0.309 e. The lowest BCUT2D eigenvalue weighted by atomic mass is 9.95. The van der Waals surface area contributed by atoms with Gasteiger partial charge in [0.25, 0.3) is 5.91 Å². The van der Waals surface area contributed by atoms with Crippen LogP contribution in [-0.2, 0) is 22.5 Å². The topological polar surface area (TPSA) is 73.9 Å². The van der Waals surface area contributed by atoms with E-state index in [0.29, 0.717) is 37.3 Å². The van der Waals surface area contributed by atoms with Crippen LogP contribution in [0.3, 0.4) is 0 Å². The largest absolute Gasteiger partial charge is 0.496 e. The summed E-state index contributed by atoms with van der Waals surface area (Å²) in [6.07, 6.45) is 1.17. The van der Waals surface area contributed by atoms with Crippen LogP contribution in [0.5, 0.6) is 17.2 Å². The molecule has 3 aromatic carbocycles. The van der Waals surface area contributed by atoms with E-state index in [1.807, 2.05) is 67.6 Å². The van der Waals surface area contributed by atoms with Crippen molar-refractivity contribution in [3.8, 4) is 17.2 Å². The molecular weight excluding hydrogens is 430 g/mol. The summed E-state index contributed by atoms with van der Waals surface area (Å²) in [7, 11) is 1.53. The summed E-state index contributed by atoms with van der Waals surface area (Å²) in [6, 6.07) is 22.6. The van der Waals surface area contributed by atoms with E-state index >= 15 is 0 Å². The maximum atomic E-state index is 12.9. The van der Waals surface area contributed by atoms with Crippen LogP contribution < -0.4 is 14.8 Å². The molecule has 0 aliphatic carbocycles. The Morgan fingerprint density at radius 3 is 2.21 bits per heavy atom. The zero-order valence-electron chi connectivity index (χ0n) is 19.9. The van der Waals surface area contributed by atoms with Gasteiger partial charge in [-0.1, -0.05) is 43.3 Å². The quantitative estimate of drug-likeness (QED) is 0.379. The van der Waals surface area contributed by atoms with Crippen molar-refractivity contribution in [1.29, 1.82) is 0 Å². The molecule has 0 saturated heterocycles. The number of methoxy groups -OCH3 is 1. The third-order valence-electron chi connectivity index (χ3n) is 5.46. The molecule has 0 saturated carbocycles. The molecule has 1 N–H and O–H groups in total. The fourth-order valence-corrected chi connectivity index (χ4v) is 3.58. The summed E-state index contributed by atoms with van der Waals surface area (Å²) < 4.78 is 16.4. The molecule has 0 radical (unpaired) electrons. The average Bonchev–Trinajstić information content (AvgIpc) is 2.87. The first-order valence-corrected chi connectivity index (χ1v) is 11.5. The highest BCUT2D eigenvalue weighted by molar-refractivity contribution is 5.97. The Labute approximate surface area is 200 Å². The molecule has 0 aliphatic rings. The van der Waals surface area contributed by atoms with Gasteiger partial charge in [-0.05, 0) is 67.3 Å². The second kappa shape index (κ2) is 12.4. The lowest BCUT2D eigenvalue weighted by molar-refractivity contribution is -0.148. The Bertz CT molecular complexity index is 1080. The van der Waals surface area contributed by atoms with Crippen molar-refractivity contribution >= 4 is 11.9 Å². The van der Waals surface area contributed by atoms with Gasteiger partial charge in [-0.3, -0.25) is 9.59 Å². The van der Waals surface area contributed by atoms with Crippen LogP contribution in [0.15, 0.2) is 72.8 Å². The first kappa shape index (κ1) is 24.8. The fourth-order valence-electron chi connectivity index (χ4n) is 3.58. The summed E-state index contributed by atoms with van der Waals surface area (Å²) in [4.78, 5) is 25.1. The molecule has 0 spiro atoms. The first-order chi connectivity index (χ1) is 16.5. The van der Waals surface area contributed by atoms with Crippen molar-refractivity contribution < 1.29 is 23.8 Å². The number of para-hydroxylation sites is 1. The number of carbonyl (C=O) groups excluding carboxylic acids is 2. The molecular formula is C28H31NO5. The van der Waals surface area contributed by atoms with E-state index in [4.69, 9.17) is 14.2 Å². The van der Waals surface area contributed by atoms with E-state index in [9.17, 15) is 9.59 Å². The molecule has 1 atom stereocenters. The van der Waals surface area contributed by atoms with Gasteiger partial charge >= 0.3 is 5.97 Å². The predicted octanol–water partition coefficient (Wildman–Crippen LogP) is 5.55. The molecule has 3 rings (SSSR count). The molecule has 1 amide bonds. The molecule has 178 valence electrons. The first-order valence-electron chi connectivity index (χ1n) is 11.5. The average molecular weight is 462 g/mol. The third-order valence-corrected chi connectivity index (χ3v) is 5.46. The molecule has 0 fully saturated rings. The van der Waals surface area contributed by atoms with Crippen LogP contribution in [0.2, 0.25) is 0 Å². The van der Waals surface area contributed by atoms with Gasteiger partial charge in [0.2, 0.25) is 0 Å². The summed E-state index contributed by atoms with van der Waals surface area (Å²) in [5.74, 6) is 1.27. The van der Waals surface area contributed by atoms with E-state index < -0.39 is 0 Å². The van der Waals surface area contributed by atoms with Gasteiger partial charge in [-0.2, -0.15) is 0 Å². The zero-order valence-corrected chi connectivity index (χ0v) is 19.9. The third kappa shape index (κ3) is 6.85. The van der Waals surface area contributed by atoms with Crippen molar-refractivity contribution in [2.45, 2.75) is 33.2 Å². The molecule has 0 aromatic heterocycles. The van der Waals surface area contributed by atoms with Crippen molar-refractivity contribution in [2.75, 3.05) is 13.7 Å². The molecule has 0 heterocycles. The number of carbonyl (C=O) groups is 2. The predicted molar refractivity (Wildman–Crippen MR) is 131 cm³/mol. The smallest absolute Gasteiger partial charge is 0.309 e. The molecule has 34 heavy (non-hydrogen) atoms. The summed E-state index contributed by atoms with van der Waals surface area (Å²) in [5, 5.41) is 2.95. The van der Waals surface area contributed by atoms with Crippen LogP contribution in [0, 0.1) is 5.92 Å². The molecule has 6 heteroatoms. The highest BCUT2D eigenvalue weighted by atomic mass is 16.5. The van der Waals surface area contributed by atoms with E-state index in [-0.39, 0.29) is 17.8 Å². The van der Waals surface area contributed by atoms with Gasteiger partial charge in [0.05, 0.1) is 25.2 Å². The second-order valence-corrected chi connectivity index (χ2v) is 7.84. The van der Waals surface area contributed by atoms with E-state index in [1.54, 1.807) is 19.1 Å². The van der Waals surface area contributed by atoms with E-state index in [0.717, 1.165) is 22.6 Å². The van der Waals surface area contributed by atoms with Gasteiger partial charge in [-0.15, -0.1) is 0 Å². The Morgan fingerprint density at radius 1 is 0.882 bits per heavy atom. The highest BCUT2D eigenvalue weighted by Gasteiger charge is 2.20. The van der Waals surface area contributed by atoms with E-state index in [1.165, 1.54) is 7.11 Å². The number of esters is 1. The van der Waals surface area contributed by atoms with Crippen LogP contribution in [-0.4, -0.2) is 25.6 Å². The van der Waals surface area contributed by atoms with Crippen molar-refractivity contribution in [3.63, 3.8) is 0 Å². The number of benzene rings is 3. The Morgan fingerprint density at radius 2 is 1.56 bits per heavy atom. The van der Waals surface area contributed by atoms with Crippen LogP contribution in [0.4, 0.5) is 0 Å². The minimum absolute atomic E-state index is 0.216. The summed E-state index contributed by atoms with van der Waals surface area (Å²) in [5.41, 5.74) is 2.26. The van der Waals surface area contributed by atoms with Gasteiger partial charge in [0.15, 0.2) is 0 Å². The lowest BCUT2D eigenvalue weighted by Crippen LogP contribution is -2.24. The monoisotopic (exact) mass is 461 g/mol. The number of nitrogens with one attached hydrogen (secondary N) is 1. The number of hydrogen-bond donors (Lipinski definition) is 1. The standard InChI is InChI=1S/C28H31NO5/c1-4-22(28(31)33-5-2)17-21-13-16-26(32-3)25(18-21)27(30)29-19-20-11-14-24(15-12-20)34-23-9-7-6-8-10-23/h6-16,18,22H,4-5,17,19H2,1-3H3,(H,29,30). The van der Waals surface area contributed by atoms with Gasteiger partial charge in [-0.25, -0.2) is 0 Å².